The van der Waals surface area contributed by atoms with Gasteiger partial charge in [-0.15, -0.1) is 11.3 Å². The Morgan fingerprint density at radius 1 is 1.53 bits per heavy atom. The van der Waals surface area contributed by atoms with Crippen molar-refractivity contribution in [2.75, 3.05) is 6.61 Å². The number of ether oxygens (including phenoxy) is 1. The summed E-state index contributed by atoms with van der Waals surface area (Å²) in [4.78, 5) is 15.8. The van der Waals surface area contributed by atoms with Gasteiger partial charge in [0.05, 0.1) is 29.0 Å². The maximum Gasteiger partial charge on any atom is 0.357 e. The van der Waals surface area contributed by atoms with E-state index in [1.165, 1.54) is 11.3 Å². The third kappa shape index (κ3) is 3.03. The van der Waals surface area contributed by atoms with E-state index in [4.69, 9.17) is 4.74 Å². The van der Waals surface area contributed by atoms with Crippen molar-refractivity contribution in [2.45, 2.75) is 27.3 Å². The van der Waals surface area contributed by atoms with Crippen LogP contribution >= 0.6 is 27.3 Å². The molecule has 0 atom stereocenters. The Bertz CT molecular complexity index is 606. The van der Waals surface area contributed by atoms with Crippen molar-refractivity contribution in [3.63, 3.8) is 0 Å². The lowest BCUT2D eigenvalue weighted by molar-refractivity contribution is 0.0520. The van der Waals surface area contributed by atoms with E-state index in [9.17, 15) is 4.79 Å². The molecule has 102 valence electrons. The third-order valence-electron chi connectivity index (χ3n) is 2.61. The number of esters is 1. The lowest BCUT2D eigenvalue weighted by atomic mass is 10.4. The van der Waals surface area contributed by atoms with Crippen molar-refractivity contribution in [2.24, 2.45) is 0 Å². The first-order chi connectivity index (χ1) is 9.02. The largest absolute Gasteiger partial charge is 0.461 e. The third-order valence-corrected chi connectivity index (χ3v) is 4.60. The average molecular weight is 344 g/mol. The molecule has 0 aliphatic carbocycles. The van der Waals surface area contributed by atoms with Gasteiger partial charge in [0.1, 0.15) is 5.01 Å². The van der Waals surface area contributed by atoms with Gasteiger partial charge >= 0.3 is 5.97 Å². The first kappa shape index (κ1) is 14.2. The molecule has 0 N–H and O–H groups in total. The topological polar surface area (TPSA) is 57.0 Å². The fourth-order valence-electron chi connectivity index (χ4n) is 1.64. The van der Waals surface area contributed by atoms with Crippen LogP contribution in [0.4, 0.5) is 0 Å². The minimum atomic E-state index is -0.375. The summed E-state index contributed by atoms with van der Waals surface area (Å²) in [5.41, 5.74) is 2.35. The minimum Gasteiger partial charge on any atom is -0.461 e. The Labute approximate surface area is 123 Å². The molecule has 5 nitrogen and oxygen atoms in total. The predicted molar refractivity (Wildman–Crippen MR) is 76.6 cm³/mol. The van der Waals surface area contributed by atoms with Crippen LogP contribution in [-0.4, -0.2) is 27.3 Å². The van der Waals surface area contributed by atoms with Crippen molar-refractivity contribution in [3.05, 3.63) is 31.9 Å². The summed E-state index contributed by atoms with van der Waals surface area (Å²) < 4.78 is 7.79. The molecule has 0 spiro atoms. The number of nitrogens with zero attached hydrogens (tertiary/aromatic N) is 3. The first-order valence-corrected chi connectivity index (χ1v) is 7.51. The number of thiazole rings is 1. The van der Waals surface area contributed by atoms with Gasteiger partial charge in [-0.1, -0.05) is 0 Å². The van der Waals surface area contributed by atoms with Crippen LogP contribution in [0.2, 0.25) is 0 Å². The molecule has 0 aromatic carbocycles. The van der Waals surface area contributed by atoms with Gasteiger partial charge in [0.15, 0.2) is 5.69 Å². The van der Waals surface area contributed by atoms with Crippen LogP contribution in [-0.2, 0) is 11.3 Å². The Kier molecular flexibility index (Phi) is 4.36. The van der Waals surface area contributed by atoms with E-state index < -0.39 is 0 Å². The van der Waals surface area contributed by atoms with Crippen LogP contribution in [0.15, 0.2) is 9.85 Å². The molecule has 0 fully saturated rings. The molecule has 2 rings (SSSR count). The molecule has 19 heavy (non-hydrogen) atoms. The molecule has 0 radical (unpaired) electrons. The summed E-state index contributed by atoms with van der Waals surface area (Å²) in [5.74, 6) is -0.375. The predicted octanol–water partition coefficient (Wildman–Crippen LogP) is 2.94. The van der Waals surface area contributed by atoms with Crippen LogP contribution in [0, 0.1) is 13.8 Å². The van der Waals surface area contributed by atoms with Crippen LogP contribution in [0.25, 0.3) is 0 Å². The van der Waals surface area contributed by atoms with Gasteiger partial charge < -0.3 is 4.74 Å². The molecule has 0 bridgehead atoms. The average Bonchev–Trinajstić information content (AvgIpc) is 2.92. The number of hydrogen-bond acceptors (Lipinski definition) is 5. The number of carbonyl (C=O) groups excluding carboxylic acids is 1. The van der Waals surface area contributed by atoms with Gasteiger partial charge in [0, 0.05) is 5.38 Å². The Hall–Kier alpha value is -1.21. The molecule has 0 aliphatic heterocycles. The highest BCUT2D eigenvalue weighted by Gasteiger charge is 2.14. The van der Waals surface area contributed by atoms with Gasteiger partial charge in [0.2, 0.25) is 0 Å². The van der Waals surface area contributed by atoms with E-state index in [0.29, 0.717) is 18.8 Å². The molecule has 2 aromatic rings. The maximum atomic E-state index is 11.5. The summed E-state index contributed by atoms with van der Waals surface area (Å²) in [7, 11) is 0. The molecule has 7 heteroatoms. The van der Waals surface area contributed by atoms with E-state index in [2.05, 4.69) is 26.0 Å². The summed E-state index contributed by atoms with van der Waals surface area (Å²) in [6.45, 7) is 6.63. The van der Waals surface area contributed by atoms with E-state index >= 15 is 0 Å². The maximum absolute atomic E-state index is 11.5. The number of halogens is 1. The second-order valence-electron chi connectivity index (χ2n) is 3.99. The monoisotopic (exact) mass is 343 g/mol. The highest BCUT2D eigenvalue weighted by molar-refractivity contribution is 9.10. The summed E-state index contributed by atoms with van der Waals surface area (Å²) in [5, 5.41) is 6.97. The number of hydrogen-bond donors (Lipinski definition) is 0. The van der Waals surface area contributed by atoms with Crippen LogP contribution in [0.3, 0.4) is 0 Å². The van der Waals surface area contributed by atoms with Gasteiger partial charge in [-0.05, 0) is 36.7 Å². The Morgan fingerprint density at radius 3 is 2.84 bits per heavy atom. The van der Waals surface area contributed by atoms with E-state index in [0.717, 1.165) is 20.9 Å². The highest BCUT2D eigenvalue weighted by atomic mass is 79.9. The molecule has 0 saturated carbocycles. The fourth-order valence-corrected chi connectivity index (χ4v) is 2.67. The zero-order chi connectivity index (χ0) is 14.0. The van der Waals surface area contributed by atoms with Crippen LogP contribution < -0.4 is 0 Å². The molecular formula is C12H14BrN3O2S. The van der Waals surface area contributed by atoms with Crippen LogP contribution in [0.5, 0.6) is 0 Å². The van der Waals surface area contributed by atoms with Crippen LogP contribution in [0.1, 0.15) is 33.8 Å². The molecule has 0 unspecified atom stereocenters. The smallest absolute Gasteiger partial charge is 0.357 e. The van der Waals surface area contributed by atoms with Crippen molar-refractivity contribution in [1.29, 1.82) is 0 Å². The quantitative estimate of drug-likeness (QED) is 0.801. The van der Waals surface area contributed by atoms with Gasteiger partial charge in [0.25, 0.3) is 0 Å². The van der Waals surface area contributed by atoms with Gasteiger partial charge in [-0.2, -0.15) is 5.10 Å². The second-order valence-corrected chi connectivity index (χ2v) is 5.73. The molecule has 2 heterocycles. The highest BCUT2D eigenvalue weighted by Crippen LogP contribution is 2.21. The number of aromatic nitrogens is 3. The summed E-state index contributed by atoms with van der Waals surface area (Å²) >= 11 is 4.92. The summed E-state index contributed by atoms with van der Waals surface area (Å²) in [6.07, 6.45) is 0. The molecule has 0 saturated heterocycles. The number of rotatable bonds is 4. The number of aryl methyl sites for hydroxylation is 1. The van der Waals surface area contributed by atoms with E-state index in [1.54, 1.807) is 12.3 Å². The SMILES string of the molecule is CCOC(=O)c1csc(Cn2nc(C)c(Br)c2C)n1. The van der Waals surface area contributed by atoms with Crippen molar-refractivity contribution < 1.29 is 9.53 Å². The van der Waals surface area contributed by atoms with Crippen molar-refractivity contribution >= 4 is 33.2 Å². The second kappa shape index (κ2) is 5.83. The standard InChI is InChI=1S/C12H14BrN3O2S/c1-4-18-12(17)9-6-19-10(14-9)5-16-8(3)11(13)7(2)15-16/h6H,4-5H2,1-3H3. The normalized spacial score (nSPS) is 10.7. The van der Waals surface area contributed by atoms with Gasteiger partial charge in [-0.25, -0.2) is 9.78 Å². The lowest BCUT2D eigenvalue weighted by Gasteiger charge is -2.01. The molecule has 0 amide bonds. The zero-order valence-electron chi connectivity index (χ0n) is 10.9. The van der Waals surface area contributed by atoms with Gasteiger partial charge in [-0.3, -0.25) is 4.68 Å². The lowest BCUT2D eigenvalue weighted by Crippen LogP contribution is -2.07. The van der Waals surface area contributed by atoms with E-state index in [-0.39, 0.29) is 5.97 Å². The van der Waals surface area contributed by atoms with E-state index in [1.807, 2.05) is 18.5 Å². The number of carbonyl (C=O) groups is 1. The molecule has 0 aliphatic rings. The fraction of sp³-hybridized carbons (Fsp3) is 0.417. The molecular weight excluding hydrogens is 330 g/mol. The minimum absolute atomic E-state index is 0.357. The summed E-state index contributed by atoms with van der Waals surface area (Å²) in [6, 6.07) is 0. The first-order valence-electron chi connectivity index (χ1n) is 5.84. The Morgan fingerprint density at radius 2 is 2.26 bits per heavy atom. The zero-order valence-corrected chi connectivity index (χ0v) is 13.3. The molecule has 2 aromatic heterocycles. The van der Waals surface area contributed by atoms with Crippen molar-refractivity contribution in [1.82, 2.24) is 14.8 Å². The Balaban J connectivity index is 2.16. The van der Waals surface area contributed by atoms with Crippen molar-refractivity contribution in [3.8, 4) is 0 Å².